The number of nitrogens with two attached hydrogens (primary N) is 2. The summed E-state index contributed by atoms with van der Waals surface area (Å²) in [5.74, 6) is -0.217. The molecule has 0 fully saturated rings. The third-order valence-electron chi connectivity index (χ3n) is 6.88. The molecule has 0 aliphatic heterocycles. The zero-order valence-corrected chi connectivity index (χ0v) is 25.7. The van der Waals surface area contributed by atoms with Crippen molar-refractivity contribution in [1.29, 1.82) is 10.5 Å². The van der Waals surface area contributed by atoms with Gasteiger partial charge in [0, 0.05) is 28.9 Å². The van der Waals surface area contributed by atoms with Crippen molar-refractivity contribution >= 4 is 56.6 Å². The van der Waals surface area contributed by atoms with Crippen LogP contribution in [0.4, 0.5) is 22.7 Å². The number of anilines is 4. The average Bonchev–Trinajstić information content (AvgIpc) is 3.75. The van der Waals surface area contributed by atoms with Gasteiger partial charge in [0.25, 0.3) is 11.8 Å². The molecule has 0 bridgehead atoms. The van der Waals surface area contributed by atoms with Gasteiger partial charge in [-0.1, -0.05) is 12.1 Å². The molecule has 4 heterocycles. The second-order valence-corrected chi connectivity index (χ2v) is 10.1. The molecule has 6 aromatic rings. The van der Waals surface area contributed by atoms with Gasteiger partial charge in [0.2, 0.25) is 0 Å². The SMILES string of the molecule is Cc1cc(Nc2c(C(N)=O)nnc3[nH]ccc23)cc(C)c1OCC#N.N#CCOc1ccccc1Nc1c(C(N)=O)nnc2[nH]ccc12. The molecule has 4 aromatic heterocycles. The molecular weight excluding hydrogens is 616 g/mol. The van der Waals surface area contributed by atoms with Crippen LogP contribution in [0.1, 0.15) is 32.1 Å². The second-order valence-electron chi connectivity index (χ2n) is 10.1. The van der Waals surface area contributed by atoms with Gasteiger partial charge in [-0.2, -0.15) is 10.5 Å². The molecule has 240 valence electrons. The summed E-state index contributed by atoms with van der Waals surface area (Å²) >= 11 is 0. The smallest absolute Gasteiger partial charge is 0.271 e. The average molecular weight is 645 g/mol. The first kappa shape index (κ1) is 32.2. The highest BCUT2D eigenvalue weighted by Gasteiger charge is 2.19. The number of hydrogen-bond acceptors (Lipinski definition) is 12. The van der Waals surface area contributed by atoms with Crippen LogP contribution in [0.2, 0.25) is 0 Å². The van der Waals surface area contributed by atoms with E-state index in [0.29, 0.717) is 50.6 Å². The molecule has 0 saturated heterocycles. The van der Waals surface area contributed by atoms with Gasteiger partial charge in [0.05, 0.1) is 17.1 Å². The van der Waals surface area contributed by atoms with Crippen molar-refractivity contribution in [2.45, 2.75) is 13.8 Å². The number of nitrogens with zero attached hydrogens (tertiary/aromatic N) is 6. The number of nitrogens with one attached hydrogen (secondary N) is 4. The van der Waals surface area contributed by atoms with Crippen LogP contribution in [0, 0.1) is 36.5 Å². The lowest BCUT2D eigenvalue weighted by molar-refractivity contribution is 0.0987. The van der Waals surface area contributed by atoms with Crippen molar-refractivity contribution < 1.29 is 19.1 Å². The molecule has 0 atom stereocenters. The van der Waals surface area contributed by atoms with E-state index in [9.17, 15) is 9.59 Å². The van der Waals surface area contributed by atoms with Gasteiger partial charge < -0.3 is 41.5 Å². The van der Waals surface area contributed by atoms with E-state index >= 15 is 0 Å². The van der Waals surface area contributed by atoms with Crippen LogP contribution in [-0.4, -0.2) is 55.4 Å². The van der Waals surface area contributed by atoms with Crippen molar-refractivity contribution in [3.05, 3.63) is 83.4 Å². The second kappa shape index (κ2) is 14.3. The third kappa shape index (κ3) is 6.87. The maximum absolute atomic E-state index is 11.7. The largest absolute Gasteiger partial charge is 0.478 e. The molecule has 0 aliphatic rings. The van der Waals surface area contributed by atoms with Crippen molar-refractivity contribution in [3.8, 4) is 23.6 Å². The lowest BCUT2D eigenvalue weighted by atomic mass is 10.1. The summed E-state index contributed by atoms with van der Waals surface area (Å²) < 4.78 is 10.8. The lowest BCUT2D eigenvalue weighted by Gasteiger charge is -2.15. The number of para-hydroxylation sites is 2. The zero-order chi connectivity index (χ0) is 34.2. The van der Waals surface area contributed by atoms with E-state index in [-0.39, 0.29) is 24.6 Å². The number of fused-ring (bicyclic) bond motifs is 2. The summed E-state index contributed by atoms with van der Waals surface area (Å²) in [5, 5.41) is 40.6. The van der Waals surface area contributed by atoms with Crippen LogP contribution in [0.3, 0.4) is 0 Å². The van der Waals surface area contributed by atoms with Gasteiger partial charge in [-0.15, -0.1) is 20.4 Å². The Kier molecular flexibility index (Phi) is 9.57. The highest BCUT2D eigenvalue weighted by atomic mass is 16.5. The van der Waals surface area contributed by atoms with E-state index in [2.05, 4.69) is 41.0 Å². The molecule has 8 N–H and O–H groups in total. The lowest BCUT2D eigenvalue weighted by Crippen LogP contribution is -2.16. The number of primary amides is 2. The van der Waals surface area contributed by atoms with Crippen LogP contribution < -0.4 is 31.6 Å². The molecule has 2 aromatic carbocycles. The van der Waals surface area contributed by atoms with Crippen LogP contribution in [0.25, 0.3) is 22.1 Å². The van der Waals surface area contributed by atoms with Crippen LogP contribution in [0.15, 0.2) is 60.9 Å². The Balaban J connectivity index is 0.000000188. The maximum Gasteiger partial charge on any atom is 0.271 e. The quantitative estimate of drug-likeness (QED) is 0.123. The van der Waals surface area contributed by atoms with Crippen molar-refractivity contribution in [1.82, 2.24) is 30.4 Å². The first-order valence-corrected chi connectivity index (χ1v) is 14.2. The van der Waals surface area contributed by atoms with E-state index < -0.39 is 11.8 Å². The van der Waals surface area contributed by atoms with Gasteiger partial charge in [0.15, 0.2) is 35.9 Å². The first-order chi connectivity index (χ1) is 23.2. The predicted octanol–water partition coefficient (Wildman–Crippen LogP) is 4.02. The van der Waals surface area contributed by atoms with E-state index in [1.165, 1.54) is 0 Å². The molecule has 48 heavy (non-hydrogen) atoms. The van der Waals surface area contributed by atoms with Crippen LogP contribution in [-0.2, 0) is 0 Å². The third-order valence-corrected chi connectivity index (χ3v) is 6.88. The number of aryl methyl sites for hydroxylation is 2. The maximum atomic E-state index is 11.7. The highest BCUT2D eigenvalue weighted by molar-refractivity contribution is 6.06. The Morgan fingerprint density at radius 3 is 1.83 bits per heavy atom. The van der Waals surface area contributed by atoms with Crippen molar-refractivity contribution in [2.24, 2.45) is 11.5 Å². The van der Waals surface area contributed by atoms with Crippen LogP contribution in [0.5, 0.6) is 11.5 Å². The standard InChI is InChI=1S/C17H16N6O2.C15H12N6O2/c1-9-7-11(8-10(2)15(9)25-6-4-18)21-13-12-3-5-20-17(12)23-22-14(13)16(19)24;16-6-8-23-11-4-2-1-3-10(11)19-12-9-5-7-18-15(9)21-20-13(12)14(17)22/h3,5,7-8H,6H2,1-2H3,(H2,19,24)(H2,20,21,23);1-5,7H,8H2,(H2,17,22)(H2,18,19,21). The summed E-state index contributed by atoms with van der Waals surface area (Å²) in [6.45, 7) is 3.67. The highest BCUT2D eigenvalue weighted by Crippen LogP contribution is 2.33. The summed E-state index contributed by atoms with van der Waals surface area (Å²) in [7, 11) is 0. The van der Waals surface area contributed by atoms with E-state index in [1.807, 2.05) is 38.1 Å². The minimum absolute atomic E-state index is 0.0154. The number of carbonyl (C=O) groups is 2. The Hall–Kier alpha value is -7.20. The van der Waals surface area contributed by atoms with Gasteiger partial charge in [0.1, 0.15) is 23.6 Å². The number of benzene rings is 2. The fourth-order valence-corrected chi connectivity index (χ4v) is 4.88. The fraction of sp³-hybridized carbons (Fsp3) is 0.125. The van der Waals surface area contributed by atoms with E-state index in [4.69, 9.17) is 31.5 Å². The molecule has 2 amide bonds. The number of rotatable bonds is 10. The molecule has 0 spiro atoms. The molecule has 0 unspecified atom stereocenters. The van der Waals surface area contributed by atoms with Crippen molar-refractivity contribution in [3.63, 3.8) is 0 Å². The molecule has 0 radical (unpaired) electrons. The molecule has 6 rings (SSSR count). The number of nitriles is 2. The normalized spacial score (nSPS) is 10.3. The fourth-order valence-electron chi connectivity index (χ4n) is 4.88. The number of hydrogen-bond donors (Lipinski definition) is 6. The minimum atomic E-state index is -0.696. The van der Waals surface area contributed by atoms with E-state index in [1.54, 1.807) is 48.8 Å². The molecular formula is C32H28N12O4. The molecule has 0 saturated carbocycles. The summed E-state index contributed by atoms with van der Waals surface area (Å²) in [4.78, 5) is 29.2. The number of aromatic nitrogens is 6. The van der Waals surface area contributed by atoms with Crippen LogP contribution >= 0.6 is 0 Å². The summed E-state index contributed by atoms with van der Waals surface area (Å²) in [6.07, 6.45) is 3.40. The van der Waals surface area contributed by atoms with Gasteiger partial charge in [-0.3, -0.25) is 9.59 Å². The summed E-state index contributed by atoms with van der Waals surface area (Å²) in [5.41, 5.74) is 15.9. The first-order valence-electron chi connectivity index (χ1n) is 14.2. The van der Waals surface area contributed by atoms with Crippen molar-refractivity contribution in [2.75, 3.05) is 23.8 Å². The van der Waals surface area contributed by atoms with Gasteiger partial charge in [-0.05, 0) is 61.4 Å². The molecule has 16 nitrogen and oxygen atoms in total. The Morgan fingerprint density at radius 1 is 0.771 bits per heavy atom. The number of H-pyrrole nitrogens is 2. The number of amides is 2. The Bertz CT molecular complexity index is 2210. The van der Waals surface area contributed by atoms with E-state index in [0.717, 1.165) is 16.8 Å². The number of carbonyl (C=O) groups excluding carboxylic acids is 2. The summed E-state index contributed by atoms with van der Waals surface area (Å²) in [6, 6.07) is 18.2. The predicted molar refractivity (Wildman–Crippen MR) is 176 cm³/mol. The minimum Gasteiger partial charge on any atom is -0.478 e. The number of aromatic amines is 2. The number of ether oxygens (including phenoxy) is 2. The Morgan fingerprint density at radius 2 is 1.29 bits per heavy atom. The molecule has 16 heteroatoms. The molecule has 0 aliphatic carbocycles. The van der Waals surface area contributed by atoms with Gasteiger partial charge in [-0.25, -0.2) is 0 Å². The van der Waals surface area contributed by atoms with Gasteiger partial charge >= 0.3 is 0 Å². The monoisotopic (exact) mass is 644 g/mol. The zero-order valence-electron chi connectivity index (χ0n) is 25.7. The Labute approximate surface area is 272 Å². The topological polar surface area (TPSA) is 259 Å².